The highest BCUT2D eigenvalue weighted by atomic mass is 32.2. The average molecular weight is 280 g/mol. The molecule has 8 heteroatoms. The molecule has 106 valence electrons. The lowest BCUT2D eigenvalue weighted by Crippen LogP contribution is -2.62. The van der Waals surface area contributed by atoms with Gasteiger partial charge in [-0.2, -0.15) is 0 Å². The highest BCUT2D eigenvalue weighted by Gasteiger charge is 2.46. The fraction of sp³-hybridized carbons (Fsp3) is 0.900. The first kappa shape index (κ1) is 15.7. The van der Waals surface area contributed by atoms with Crippen LogP contribution in [-0.4, -0.2) is 70.3 Å². The van der Waals surface area contributed by atoms with Gasteiger partial charge in [0, 0.05) is 0 Å². The number of hydrogen-bond acceptors (Lipinski definition) is 8. The Kier molecular flexibility index (Phi) is 5.83. The fourth-order valence-corrected chi connectivity index (χ4v) is 2.49. The molecule has 1 rings (SSSR count). The minimum Gasteiger partial charge on any atom is -0.399 e. The van der Waals surface area contributed by atoms with Gasteiger partial charge in [-0.25, -0.2) is 0 Å². The number of rotatable bonds is 4. The molecule has 0 radical (unpaired) electrons. The number of thioether (sulfide) groups is 1. The first-order valence-electron chi connectivity index (χ1n) is 5.49. The minimum absolute atomic E-state index is 0.435. The van der Waals surface area contributed by atoms with Crippen LogP contribution in [-0.2, 0) is 9.57 Å². The summed E-state index contributed by atoms with van der Waals surface area (Å²) in [7, 11) is 1.39. The highest BCUT2D eigenvalue weighted by Crippen LogP contribution is 2.28. The quantitative estimate of drug-likeness (QED) is 0.366. The second-order valence-electron chi connectivity index (χ2n) is 4.12. The Labute approximate surface area is 110 Å². The largest absolute Gasteiger partial charge is 0.399 e. The van der Waals surface area contributed by atoms with Crippen LogP contribution >= 0.6 is 11.8 Å². The van der Waals surface area contributed by atoms with Crippen LogP contribution in [0.5, 0.6) is 0 Å². The van der Waals surface area contributed by atoms with Crippen molar-refractivity contribution in [2.75, 3.05) is 13.4 Å². The third kappa shape index (κ3) is 3.14. The maximum absolute atomic E-state index is 9.89. The second-order valence-corrected chi connectivity index (χ2v) is 5.05. The molecular formula is C10H20N2O5S. The molecule has 0 aliphatic carbocycles. The lowest BCUT2D eigenvalue weighted by atomic mass is 9.93. The van der Waals surface area contributed by atoms with E-state index in [0.717, 1.165) is 0 Å². The predicted molar refractivity (Wildman–Crippen MR) is 68.3 cm³/mol. The van der Waals surface area contributed by atoms with Gasteiger partial charge in [-0.15, -0.1) is 11.8 Å². The summed E-state index contributed by atoms with van der Waals surface area (Å²) in [5, 5.41) is 33.0. The lowest BCUT2D eigenvalue weighted by molar-refractivity contribution is -0.198. The van der Waals surface area contributed by atoms with Crippen molar-refractivity contribution < 1.29 is 24.9 Å². The molecule has 0 bridgehead atoms. The van der Waals surface area contributed by atoms with E-state index in [9.17, 15) is 15.3 Å². The average Bonchev–Trinajstić information content (AvgIpc) is 2.36. The smallest absolute Gasteiger partial charge is 0.132 e. The maximum atomic E-state index is 9.89. The standard InChI is InChI=1S/C10H20N2O5S/c1-4(12-16-2)5(11)9-7(14)6(13)8(15)10(17-9)18-3/h5-10,13-15H,11H2,1-3H3. The molecule has 0 amide bonds. The van der Waals surface area contributed by atoms with Crippen molar-refractivity contribution in [2.24, 2.45) is 10.9 Å². The Bertz CT molecular complexity index is 302. The lowest BCUT2D eigenvalue weighted by Gasteiger charge is -2.41. The van der Waals surface area contributed by atoms with E-state index in [1.54, 1.807) is 13.2 Å². The molecule has 0 saturated carbocycles. The van der Waals surface area contributed by atoms with E-state index in [1.165, 1.54) is 18.9 Å². The number of aliphatic hydroxyl groups is 3. The summed E-state index contributed by atoms with van der Waals surface area (Å²) in [6, 6.07) is -0.725. The van der Waals surface area contributed by atoms with Crippen LogP contribution in [0.15, 0.2) is 5.16 Å². The van der Waals surface area contributed by atoms with Gasteiger partial charge in [0.25, 0.3) is 0 Å². The fourth-order valence-electron chi connectivity index (χ4n) is 1.81. The van der Waals surface area contributed by atoms with E-state index in [2.05, 4.69) is 9.99 Å². The Morgan fingerprint density at radius 3 is 2.44 bits per heavy atom. The monoisotopic (exact) mass is 280 g/mol. The molecule has 5 N–H and O–H groups in total. The minimum atomic E-state index is -1.30. The summed E-state index contributed by atoms with van der Waals surface area (Å²) in [6.07, 6.45) is -2.85. The number of nitrogens with two attached hydrogens (primary N) is 1. The van der Waals surface area contributed by atoms with Crippen LogP contribution in [0.1, 0.15) is 6.92 Å². The number of nitrogens with zero attached hydrogens (tertiary/aromatic N) is 1. The van der Waals surface area contributed by atoms with E-state index in [0.29, 0.717) is 5.71 Å². The van der Waals surface area contributed by atoms with E-state index in [-0.39, 0.29) is 0 Å². The Balaban J connectivity index is 2.84. The zero-order valence-electron chi connectivity index (χ0n) is 10.6. The molecule has 6 unspecified atom stereocenters. The number of ether oxygens (including phenoxy) is 1. The van der Waals surface area contributed by atoms with Gasteiger partial charge < -0.3 is 30.6 Å². The second kappa shape index (κ2) is 6.69. The summed E-state index contributed by atoms with van der Waals surface area (Å²) < 4.78 is 5.50. The molecule has 1 aliphatic rings. The van der Waals surface area contributed by atoms with Crippen molar-refractivity contribution in [3.8, 4) is 0 Å². The number of aliphatic hydroxyl groups excluding tert-OH is 3. The molecule has 1 saturated heterocycles. The molecular weight excluding hydrogens is 260 g/mol. The van der Waals surface area contributed by atoms with Crippen LogP contribution in [0.4, 0.5) is 0 Å². The molecule has 1 aliphatic heterocycles. The molecule has 0 aromatic carbocycles. The van der Waals surface area contributed by atoms with Gasteiger partial charge in [0.1, 0.15) is 37.0 Å². The van der Waals surface area contributed by atoms with Crippen molar-refractivity contribution in [3.63, 3.8) is 0 Å². The summed E-state index contributed by atoms with van der Waals surface area (Å²) in [4.78, 5) is 4.61. The number of hydrogen-bond donors (Lipinski definition) is 4. The van der Waals surface area contributed by atoms with Crippen molar-refractivity contribution in [3.05, 3.63) is 0 Å². The number of oxime groups is 1. The van der Waals surface area contributed by atoms with Crippen LogP contribution in [0.25, 0.3) is 0 Å². The first-order chi connectivity index (χ1) is 8.43. The first-order valence-corrected chi connectivity index (χ1v) is 6.78. The topological polar surface area (TPSA) is 118 Å². The van der Waals surface area contributed by atoms with Crippen LogP contribution in [0.2, 0.25) is 0 Å². The summed E-state index contributed by atoms with van der Waals surface area (Å²) >= 11 is 1.24. The summed E-state index contributed by atoms with van der Waals surface area (Å²) in [6.45, 7) is 1.63. The van der Waals surface area contributed by atoms with Crippen molar-refractivity contribution in [1.29, 1.82) is 0 Å². The molecule has 0 aromatic heterocycles. The van der Waals surface area contributed by atoms with E-state index >= 15 is 0 Å². The SMILES string of the molecule is CON=C(C)C(N)C1OC(SC)C(O)C(O)C1O. The van der Waals surface area contributed by atoms with Crippen LogP contribution in [0, 0.1) is 0 Å². The molecule has 1 fully saturated rings. The predicted octanol–water partition coefficient (Wildman–Crippen LogP) is -1.49. The van der Waals surface area contributed by atoms with Gasteiger partial charge in [-0.1, -0.05) is 5.16 Å². The van der Waals surface area contributed by atoms with E-state index in [1.807, 2.05) is 0 Å². The van der Waals surface area contributed by atoms with Crippen molar-refractivity contribution >= 4 is 17.5 Å². The third-order valence-electron chi connectivity index (χ3n) is 2.91. The molecule has 18 heavy (non-hydrogen) atoms. The van der Waals surface area contributed by atoms with Crippen molar-refractivity contribution in [1.82, 2.24) is 0 Å². The van der Waals surface area contributed by atoms with Crippen LogP contribution < -0.4 is 5.73 Å². The molecule has 6 atom stereocenters. The van der Waals surface area contributed by atoms with E-state index in [4.69, 9.17) is 10.5 Å². The normalized spacial score (nSPS) is 39.5. The van der Waals surface area contributed by atoms with Gasteiger partial charge in [0.15, 0.2) is 0 Å². The van der Waals surface area contributed by atoms with Crippen molar-refractivity contribution in [2.45, 2.75) is 42.8 Å². The van der Waals surface area contributed by atoms with Gasteiger partial charge in [0.2, 0.25) is 0 Å². The molecule has 7 nitrogen and oxygen atoms in total. The van der Waals surface area contributed by atoms with Gasteiger partial charge in [0.05, 0.1) is 11.8 Å². The maximum Gasteiger partial charge on any atom is 0.132 e. The Morgan fingerprint density at radius 1 is 1.33 bits per heavy atom. The van der Waals surface area contributed by atoms with E-state index < -0.39 is 35.9 Å². The van der Waals surface area contributed by atoms with Gasteiger partial charge >= 0.3 is 0 Å². The zero-order chi connectivity index (χ0) is 13.9. The van der Waals surface area contributed by atoms with Gasteiger partial charge in [-0.3, -0.25) is 0 Å². The van der Waals surface area contributed by atoms with Gasteiger partial charge in [-0.05, 0) is 13.2 Å². The molecule has 1 heterocycles. The third-order valence-corrected chi connectivity index (χ3v) is 3.77. The zero-order valence-corrected chi connectivity index (χ0v) is 11.4. The molecule has 0 aromatic rings. The molecule has 0 spiro atoms. The van der Waals surface area contributed by atoms with Crippen LogP contribution in [0.3, 0.4) is 0 Å². The Hall–Kier alpha value is -0.380. The summed E-state index contributed by atoms with van der Waals surface area (Å²) in [5.74, 6) is 0. The summed E-state index contributed by atoms with van der Waals surface area (Å²) in [5.41, 5.74) is 5.69. The highest BCUT2D eigenvalue weighted by molar-refractivity contribution is 7.99. The Morgan fingerprint density at radius 2 is 1.94 bits per heavy atom.